The van der Waals surface area contributed by atoms with Crippen LogP contribution in [0.5, 0.6) is 0 Å². The lowest BCUT2D eigenvalue weighted by Gasteiger charge is -2.24. The first kappa shape index (κ1) is 20.2. The third-order valence-corrected chi connectivity index (χ3v) is 6.38. The molecule has 0 N–H and O–H groups in total. The molecule has 4 aromatic rings. The molecule has 0 saturated carbocycles. The molecule has 0 amide bonds. The highest BCUT2D eigenvalue weighted by molar-refractivity contribution is 5.80. The average Bonchev–Trinajstić information content (AvgIpc) is 2.86. The van der Waals surface area contributed by atoms with Crippen molar-refractivity contribution in [3.05, 3.63) is 113 Å². The average molecular weight is 421 g/mol. The number of carbonyl (C=O) groups is 1. The monoisotopic (exact) mass is 420 g/mol. The van der Waals surface area contributed by atoms with E-state index in [2.05, 4.69) is 66.1 Å². The standard InChI is InChI=1S/C29H26NO2/c1-20-19-26(21-11-5-3-6-12-21)25-18-17-22-13-9-10-16-24(22)28(25)30(20)27(29(31)32-2)23-14-7-4-8-15-23/h3-16,19,27H,17-18H2,1-2H3/q+1. The topological polar surface area (TPSA) is 30.2 Å². The quantitative estimate of drug-likeness (QED) is 0.323. The van der Waals surface area contributed by atoms with E-state index in [0.717, 1.165) is 29.8 Å². The van der Waals surface area contributed by atoms with E-state index in [4.69, 9.17) is 4.74 Å². The van der Waals surface area contributed by atoms with Gasteiger partial charge in [-0.25, -0.2) is 4.79 Å². The molecule has 0 spiro atoms. The van der Waals surface area contributed by atoms with Crippen LogP contribution in [0.1, 0.15) is 28.4 Å². The van der Waals surface area contributed by atoms with Crippen LogP contribution >= 0.6 is 0 Å². The van der Waals surface area contributed by atoms with E-state index in [9.17, 15) is 4.79 Å². The van der Waals surface area contributed by atoms with Gasteiger partial charge in [0.1, 0.15) is 0 Å². The van der Waals surface area contributed by atoms with Crippen LogP contribution in [0.3, 0.4) is 0 Å². The second-order valence-corrected chi connectivity index (χ2v) is 8.26. The number of ether oxygens (including phenoxy) is 1. The minimum Gasteiger partial charge on any atom is -0.464 e. The number of nitrogens with zero attached hydrogens (tertiary/aromatic N) is 1. The molecule has 0 bridgehead atoms. The van der Waals surface area contributed by atoms with Crippen molar-refractivity contribution in [2.75, 3.05) is 7.11 Å². The number of hydrogen-bond donors (Lipinski definition) is 0. The minimum atomic E-state index is -0.550. The van der Waals surface area contributed by atoms with Gasteiger partial charge in [-0.2, -0.15) is 4.57 Å². The molecule has 158 valence electrons. The zero-order valence-electron chi connectivity index (χ0n) is 18.4. The largest absolute Gasteiger partial charge is 0.464 e. The maximum atomic E-state index is 13.2. The van der Waals surface area contributed by atoms with Gasteiger partial charge in [0.25, 0.3) is 6.04 Å². The van der Waals surface area contributed by atoms with Crippen molar-refractivity contribution in [3.8, 4) is 22.4 Å². The summed E-state index contributed by atoms with van der Waals surface area (Å²) in [5.74, 6) is -0.262. The number of esters is 1. The molecule has 3 aromatic carbocycles. The normalized spacial score (nSPS) is 13.1. The first-order valence-electron chi connectivity index (χ1n) is 11.0. The van der Waals surface area contributed by atoms with E-state index in [1.807, 2.05) is 36.4 Å². The molecule has 3 nitrogen and oxygen atoms in total. The SMILES string of the molecule is COC(=O)C(c1ccccc1)[n+]1c(C)cc(-c2ccccc2)c2c1-c1ccccc1CC2. The van der Waals surface area contributed by atoms with Crippen molar-refractivity contribution < 1.29 is 14.1 Å². The summed E-state index contributed by atoms with van der Waals surface area (Å²) in [5, 5.41) is 0. The molecule has 1 aliphatic rings. The van der Waals surface area contributed by atoms with Crippen LogP contribution in [-0.2, 0) is 22.4 Å². The number of rotatable bonds is 4. The summed E-state index contributed by atoms with van der Waals surface area (Å²) in [6, 6.07) is 30.7. The number of carbonyl (C=O) groups excluding carboxylic acids is 1. The Balaban J connectivity index is 1.86. The smallest absolute Gasteiger partial charge is 0.380 e. The fourth-order valence-corrected chi connectivity index (χ4v) is 4.93. The number of aromatic nitrogens is 1. The van der Waals surface area contributed by atoms with Gasteiger partial charge in [-0.15, -0.1) is 0 Å². The van der Waals surface area contributed by atoms with Gasteiger partial charge in [0, 0.05) is 29.7 Å². The van der Waals surface area contributed by atoms with E-state index in [1.54, 1.807) is 0 Å². The van der Waals surface area contributed by atoms with Gasteiger partial charge in [-0.1, -0.05) is 78.9 Å². The minimum absolute atomic E-state index is 0.262. The zero-order chi connectivity index (χ0) is 22.1. The molecule has 0 radical (unpaired) electrons. The molecule has 0 fully saturated rings. The van der Waals surface area contributed by atoms with E-state index < -0.39 is 6.04 Å². The third-order valence-electron chi connectivity index (χ3n) is 6.38. The Labute approximate surface area is 188 Å². The Bertz CT molecular complexity index is 1280. The summed E-state index contributed by atoms with van der Waals surface area (Å²) in [5.41, 5.74) is 9.29. The highest BCUT2D eigenvalue weighted by atomic mass is 16.5. The van der Waals surface area contributed by atoms with Crippen LogP contribution < -0.4 is 4.57 Å². The molecule has 1 heterocycles. The molecule has 1 atom stereocenters. The first-order chi connectivity index (χ1) is 15.7. The summed E-state index contributed by atoms with van der Waals surface area (Å²) in [7, 11) is 1.47. The molecule has 1 aromatic heterocycles. The van der Waals surface area contributed by atoms with Crippen molar-refractivity contribution >= 4 is 5.97 Å². The van der Waals surface area contributed by atoms with Gasteiger partial charge < -0.3 is 4.74 Å². The van der Waals surface area contributed by atoms with Crippen molar-refractivity contribution in [2.24, 2.45) is 0 Å². The number of fused-ring (bicyclic) bond motifs is 3. The van der Waals surface area contributed by atoms with E-state index in [-0.39, 0.29) is 5.97 Å². The molecule has 1 unspecified atom stereocenters. The molecule has 1 aliphatic carbocycles. The van der Waals surface area contributed by atoms with Gasteiger partial charge >= 0.3 is 5.97 Å². The lowest BCUT2D eigenvalue weighted by atomic mass is 9.83. The summed E-state index contributed by atoms with van der Waals surface area (Å²) < 4.78 is 7.49. The van der Waals surface area contributed by atoms with Crippen LogP contribution in [0.2, 0.25) is 0 Å². The van der Waals surface area contributed by atoms with E-state index in [0.29, 0.717) is 0 Å². The fourth-order valence-electron chi connectivity index (χ4n) is 4.93. The van der Waals surface area contributed by atoms with Gasteiger partial charge in [-0.3, -0.25) is 0 Å². The third kappa shape index (κ3) is 3.40. The highest BCUT2D eigenvalue weighted by Crippen LogP contribution is 2.38. The second kappa shape index (κ2) is 8.43. The fraction of sp³-hybridized carbons (Fsp3) is 0.172. The van der Waals surface area contributed by atoms with Crippen LogP contribution in [-0.4, -0.2) is 13.1 Å². The molecule has 32 heavy (non-hydrogen) atoms. The lowest BCUT2D eigenvalue weighted by molar-refractivity contribution is -0.697. The predicted molar refractivity (Wildman–Crippen MR) is 126 cm³/mol. The number of pyridine rings is 1. The molecule has 0 saturated heterocycles. The zero-order valence-corrected chi connectivity index (χ0v) is 18.4. The van der Waals surface area contributed by atoms with Gasteiger partial charge in [0.2, 0.25) is 5.69 Å². The Morgan fingerprint density at radius 2 is 1.50 bits per heavy atom. The number of methoxy groups -OCH3 is 1. The second-order valence-electron chi connectivity index (χ2n) is 8.26. The van der Waals surface area contributed by atoms with Crippen molar-refractivity contribution in [1.29, 1.82) is 0 Å². The summed E-state index contributed by atoms with van der Waals surface area (Å²) in [6.07, 6.45) is 1.92. The predicted octanol–water partition coefficient (Wildman–Crippen LogP) is 5.48. The highest BCUT2D eigenvalue weighted by Gasteiger charge is 2.39. The summed E-state index contributed by atoms with van der Waals surface area (Å²) in [6.45, 7) is 2.09. The lowest BCUT2D eigenvalue weighted by Crippen LogP contribution is -2.50. The van der Waals surface area contributed by atoms with Crippen LogP contribution in [0.4, 0.5) is 0 Å². The van der Waals surface area contributed by atoms with Crippen LogP contribution in [0.15, 0.2) is 91.0 Å². The van der Waals surface area contributed by atoms with Gasteiger partial charge in [-0.05, 0) is 35.6 Å². The van der Waals surface area contributed by atoms with E-state index in [1.165, 1.54) is 34.9 Å². The Morgan fingerprint density at radius 3 is 2.22 bits per heavy atom. The Morgan fingerprint density at radius 1 is 0.844 bits per heavy atom. The van der Waals surface area contributed by atoms with Gasteiger partial charge in [0.05, 0.1) is 7.11 Å². The molecule has 5 rings (SSSR count). The molecule has 3 heteroatoms. The number of aryl methyl sites for hydroxylation is 2. The van der Waals surface area contributed by atoms with Crippen molar-refractivity contribution in [3.63, 3.8) is 0 Å². The van der Waals surface area contributed by atoms with Crippen molar-refractivity contribution in [2.45, 2.75) is 25.8 Å². The molecular formula is C29H26NO2+. The number of benzene rings is 3. The van der Waals surface area contributed by atoms with Crippen LogP contribution in [0, 0.1) is 6.92 Å². The summed E-state index contributed by atoms with van der Waals surface area (Å²) >= 11 is 0. The Hall–Kier alpha value is -3.72. The first-order valence-corrected chi connectivity index (χ1v) is 11.0. The van der Waals surface area contributed by atoms with Crippen molar-refractivity contribution in [1.82, 2.24) is 0 Å². The van der Waals surface area contributed by atoms with Gasteiger partial charge in [0.15, 0.2) is 5.69 Å². The molecule has 0 aliphatic heterocycles. The van der Waals surface area contributed by atoms with E-state index >= 15 is 0 Å². The van der Waals surface area contributed by atoms with Crippen LogP contribution in [0.25, 0.3) is 22.4 Å². The maximum absolute atomic E-state index is 13.2. The number of hydrogen-bond acceptors (Lipinski definition) is 2. The molecular weight excluding hydrogens is 394 g/mol. The Kier molecular flexibility index (Phi) is 5.32. The summed E-state index contributed by atoms with van der Waals surface area (Å²) in [4.78, 5) is 13.2. The maximum Gasteiger partial charge on any atom is 0.380 e.